The Kier molecular flexibility index (Phi) is 7.19. The summed E-state index contributed by atoms with van der Waals surface area (Å²) in [5, 5.41) is 28.3. The highest BCUT2D eigenvalue weighted by atomic mass is 35.5. The van der Waals surface area contributed by atoms with E-state index in [-0.39, 0.29) is 30.7 Å². The first-order chi connectivity index (χ1) is 17.9. The second-order valence-corrected chi connectivity index (χ2v) is 10.7. The number of para-hydroxylation sites is 1. The van der Waals surface area contributed by atoms with Gasteiger partial charge in [0.25, 0.3) is 0 Å². The van der Waals surface area contributed by atoms with Crippen LogP contribution in [0.15, 0.2) is 42.6 Å². The van der Waals surface area contributed by atoms with Gasteiger partial charge in [0.2, 0.25) is 11.9 Å². The minimum Gasteiger partial charge on any atom is -0.390 e. The molecule has 4 atom stereocenters. The predicted octanol–water partition coefficient (Wildman–Crippen LogP) is 3.50. The molecule has 6 rings (SSSR count). The maximum absolute atomic E-state index is 12.9. The molecule has 2 aliphatic carbocycles. The maximum Gasteiger partial charge on any atom is 0.230 e. The van der Waals surface area contributed by atoms with Crippen LogP contribution in [0.1, 0.15) is 36.6 Å². The van der Waals surface area contributed by atoms with Gasteiger partial charge in [-0.1, -0.05) is 18.2 Å². The number of hydrogen-bond acceptors (Lipinski definition) is 10. The summed E-state index contributed by atoms with van der Waals surface area (Å²) in [4.78, 5) is 31.1. The number of carbonyl (C=O) groups excluding carboxylic acids is 1. The van der Waals surface area contributed by atoms with Crippen molar-refractivity contribution in [3.05, 3.63) is 54.0 Å². The topological polar surface area (TPSA) is 159 Å². The van der Waals surface area contributed by atoms with Crippen LogP contribution in [0.5, 0.6) is 0 Å². The smallest absolute Gasteiger partial charge is 0.230 e. The molecule has 0 aliphatic heterocycles. The number of carbonyl (C=O) groups is 1. The lowest BCUT2D eigenvalue weighted by atomic mass is 10.0. The minimum absolute atomic E-state index is 0. The maximum atomic E-state index is 12.9. The SMILES string of the molecule is Cc1nc(N)nc(N[C@@H]2C[C@H](C(=O)Nc3ccccc3)[C@@H](O)[C@H]2O)c1-c1nc2c(C3CC3)nccc2s1.Cl. The Morgan fingerprint density at radius 2 is 1.84 bits per heavy atom. The molecule has 3 heterocycles. The molecule has 2 fully saturated rings. The van der Waals surface area contributed by atoms with E-state index in [1.165, 1.54) is 11.3 Å². The molecule has 1 amide bonds. The van der Waals surface area contributed by atoms with E-state index in [1.807, 2.05) is 37.4 Å². The third-order valence-corrected chi connectivity index (χ3v) is 8.04. The van der Waals surface area contributed by atoms with Gasteiger partial charge < -0.3 is 26.6 Å². The summed E-state index contributed by atoms with van der Waals surface area (Å²) in [6.07, 6.45) is 1.85. The number of fused-ring (bicyclic) bond motifs is 1. The number of pyridine rings is 1. The van der Waals surface area contributed by atoms with E-state index in [4.69, 9.17) is 10.7 Å². The van der Waals surface area contributed by atoms with Crippen molar-refractivity contribution in [1.82, 2.24) is 19.9 Å². The minimum atomic E-state index is -1.24. The van der Waals surface area contributed by atoms with Gasteiger partial charge in [-0.15, -0.1) is 23.7 Å². The van der Waals surface area contributed by atoms with Gasteiger partial charge in [-0.3, -0.25) is 9.78 Å². The third-order valence-electron chi connectivity index (χ3n) is 7.00. The van der Waals surface area contributed by atoms with Crippen LogP contribution in [-0.4, -0.2) is 54.3 Å². The van der Waals surface area contributed by atoms with E-state index in [0.29, 0.717) is 28.7 Å². The Morgan fingerprint density at radius 3 is 2.58 bits per heavy atom. The Labute approximate surface area is 229 Å². The van der Waals surface area contributed by atoms with Gasteiger partial charge in [-0.2, -0.15) is 4.98 Å². The number of rotatable bonds is 6. The van der Waals surface area contributed by atoms with Gasteiger partial charge in [0, 0.05) is 17.8 Å². The molecule has 0 unspecified atom stereocenters. The standard InChI is InChI=1S/C26H27N7O3S.ClH/c1-12-18(25-32-20-17(37-25)9-10-28-19(20)13-7-8-13)23(33-26(27)29-12)31-16-11-15(21(34)22(16)35)24(36)30-14-5-3-2-4-6-14;/h2-6,9-10,13,15-16,21-22,34-35H,7-8,11H2,1H3,(H,30,36)(H3,27,29,31,33);1H/t15-,16+,21+,22-;/m0./s1. The van der Waals surface area contributed by atoms with Crippen molar-refractivity contribution in [3.63, 3.8) is 0 Å². The first-order valence-electron chi connectivity index (χ1n) is 12.3. The van der Waals surface area contributed by atoms with E-state index in [2.05, 4.69) is 25.6 Å². The molecule has 1 aromatic carbocycles. The van der Waals surface area contributed by atoms with Crippen LogP contribution in [0, 0.1) is 12.8 Å². The predicted molar refractivity (Wildman–Crippen MR) is 149 cm³/mol. The fourth-order valence-electron chi connectivity index (χ4n) is 4.96. The lowest BCUT2D eigenvalue weighted by Crippen LogP contribution is -2.37. The molecule has 0 bridgehead atoms. The fourth-order valence-corrected chi connectivity index (χ4v) is 6.03. The first-order valence-corrected chi connectivity index (χ1v) is 13.1. The van der Waals surface area contributed by atoms with Gasteiger partial charge >= 0.3 is 0 Å². The number of nitrogen functional groups attached to an aromatic ring is 1. The average molecular weight is 554 g/mol. The molecule has 6 N–H and O–H groups in total. The number of aryl methyl sites for hydroxylation is 1. The molecular weight excluding hydrogens is 526 g/mol. The van der Waals surface area contributed by atoms with Crippen LogP contribution in [0.25, 0.3) is 20.8 Å². The van der Waals surface area contributed by atoms with Gasteiger partial charge in [0.1, 0.15) is 22.4 Å². The number of aromatic nitrogens is 4. The molecule has 3 aromatic heterocycles. The normalized spacial score (nSPS) is 22.7. The molecule has 0 radical (unpaired) electrons. The summed E-state index contributed by atoms with van der Waals surface area (Å²) in [6.45, 7) is 1.83. The Morgan fingerprint density at radius 1 is 1.08 bits per heavy atom. The number of anilines is 3. The highest BCUT2D eigenvalue weighted by Gasteiger charge is 2.45. The quantitative estimate of drug-likeness (QED) is 0.241. The monoisotopic (exact) mass is 553 g/mol. The first kappa shape index (κ1) is 26.2. The zero-order valence-electron chi connectivity index (χ0n) is 20.5. The molecule has 2 aliphatic rings. The highest BCUT2D eigenvalue weighted by molar-refractivity contribution is 7.21. The number of hydrogen-bond donors (Lipinski definition) is 5. The molecule has 38 heavy (non-hydrogen) atoms. The van der Waals surface area contributed by atoms with Gasteiger partial charge in [0.05, 0.1) is 39.7 Å². The summed E-state index contributed by atoms with van der Waals surface area (Å²) < 4.78 is 1.03. The van der Waals surface area contributed by atoms with Crippen molar-refractivity contribution in [3.8, 4) is 10.6 Å². The molecule has 10 nitrogen and oxygen atoms in total. The zero-order valence-corrected chi connectivity index (χ0v) is 22.2. The van der Waals surface area contributed by atoms with Crippen LogP contribution in [-0.2, 0) is 4.79 Å². The number of nitrogens with two attached hydrogens (primary N) is 1. The number of amides is 1. The molecule has 2 saturated carbocycles. The van der Waals surface area contributed by atoms with Crippen molar-refractivity contribution < 1.29 is 15.0 Å². The van der Waals surface area contributed by atoms with Crippen LogP contribution in [0.2, 0.25) is 0 Å². The van der Waals surface area contributed by atoms with E-state index in [1.54, 1.807) is 12.1 Å². The van der Waals surface area contributed by atoms with Crippen LogP contribution >= 0.6 is 23.7 Å². The van der Waals surface area contributed by atoms with Crippen LogP contribution in [0.4, 0.5) is 17.5 Å². The van der Waals surface area contributed by atoms with Crippen LogP contribution < -0.4 is 16.4 Å². The summed E-state index contributed by atoms with van der Waals surface area (Å²) in [5.41, 5.74) is 9.84. The van der Waals surface area contributed by atoms with E-state index >= 15 is 0 Å². The second kappa shape index (κ2) is 10.4. The van der Waals surface area contributed by atoms with Crippen molar-refractivity contribution in [2.45, 2.75) is 50.4 Å². The summed E-state index contributed by atoms with van der Waals surface area (Å²) in [7, 11) is 0. The molecule has 198 valence electrons. The third kappa shape index (κ3) is 4.90. The van der Waals surface area contributed by atoms with Gasteiger partial charge in [-0.25, -0.2) is 9.97 Å². The number of aliphatic hydroxyl groups excluding tert-OH is 2. The van der Waals surface area contributed by atoms with E-state index in [0.717, 1.165) is 33.8 Å². The number of halogens is 1. The summed E-state index contributed by atoms with van der Waals surface area (Å²) in [5.74, 6) is -0.214. The zero-order chi connectivity index (χ0) is 25.7. The molecule has 4 aromatic rings. The lowest BCUT2D eigenvalue weighted by molar-refractivity contribution is -0.123. The average Bonchev–Trinajstić information content (AvgIpc) is 3.57. The number of thiazole rings is 1. The lowest BCUT2D eigenvalue weighted by Gasteiger charge is -2.20. The second-order valence-electron chi connectivity index (χ2n) is 9.66. The van der Waals surface area contributed by atoms with E-state index < -0.39 is 24.2 Å². The molecular formula is C26H28ClN7O3S. The van der Waals surface area contributed by atoms with Crippen molar-refractivity contribution in [1.29, 1.82) is 0 Å². The van der Waals surface area contributed by atoms with Gasteiger partial charge in [0.15, 0.2) is 0 Å². The van der Waals surface area contributed by atoms with Gasteiger partial charge in [-0.05, 0) is 44.4 Å². The molecule has 0 spiro atoms. The largest absolute Gasteiger partial charge is 0.390 e. The van der Waals surface area contributed by atoms with Crippen molar-refractivity contribution >= 4 is 57.3 Å². The van der Waals surface area contributed by atoms with E-state index in [9.17, 15) is 15.0 Å². The Hall–Kier alpha value is -3.38. The molecule has 0 saturated heterocycles. The number of benzene rings is 1. The number of nitrogens with one attached hydrogen (secondary N) is 2. The Bertz CT molecular complexity index is 1480. The Balaban J connectivity index is 0.00000294. The number of nitrogens with zero attached hydrogens (tertiary/aromatic N) is 4. The summed E-state index contributed by atoms with van der Waals surface area (Å²) >= 11 is 1.52. The fraction of sp³-hybridized carbons (Fsp3) is 0.346. The highest BCUT2D eigenvalue weighted by Crippen LogP contribution is 2.44. The summed E-state index contributed by atoms with van der Waals surface area (Å²) in [6, 6.07) is 10.3. The van der Waals surface area contributed by atoms with Crippen LogP contribution in [0.3, 0.4) is 0 Å². The number of aliphatic hydroxyl groups is 2. The van der Waals surface area contributed by atoms with Crippen molar-refractivity contribution in [2.75, 3.05) is 16.4 Å². The van der Waals surface area contributed by atoms with Crippen molar-refractivity contribution in [2.24, 2.45) is 5.92 Å². The molecule has 12 heteroatoms.